The molecule has 10 heterocycles. The molecule has 14 nitrogen and oxygen atoms in total. The number of hydrogen-bond donors (Lipinski definition) is 2. The average Bonchev–Trinajstić information content (AvgIpc) is 1.38. The quantitative estimate of drug-likeness (QED) is 0.0692. The second-order valence-electron chi connectivity index (χ2n) is 28.9. The third kappa shape index (κ3) is 18.5. The van der Waals surface area contributed by atoms with Crippen molar-refractivity contribution in [2.24, 2.45) is 44.9 Å². The van der Waals surface area contributed by atoms with E-state index in [-0.39, 0.29) is 124 Å². The molecule has 524 valence electrons. The Hall–Kier alpha value is -5.33. The number of nitrogens with zero attached hydrogens (tertiary/aromatic N) is 10. The summed E-state index contributed by atoms with van der Waals surface area (Å²) in [6.07, 6.45) is 34.4. The fraction of sp³-hybridized carbons (Fsp3) is 0.333. The highest BCUT2D eigenvalue weighted by Gasteiger charge is 2.45. The number of quaternary nitrogens is 2. The highest BCUT2D eigenvalue weighted by Crippen LogP contribution is 2.47. The lowest BCUT2D eigenvalue weighted by Crippen LogP contribution is -3.00. The number of fused-ring (bicyclic) bond motifs is 4. The van der Waals surface area contributed by atoms with Crippen LogP contribution < -0.4 is 105 Å². The molecular weight excluding hydrogens is 1750 g/mol. The molecule has 21 heteroatoms. The van der Waals surface area contributed by atoms with Gasteiger partial charge in [-0.25, -0.2) is 19.1 Å². The molecule has 0 unspecified atom stereocenters. The fourth-order valence-electron chi connectivity index (χ4n) is 13.2. The van der Waals surface area contributed by atoms with Crippen LogP contribution in [0.3, 0.4) is 0 Å². The lowest BCUT2D eigenvalue weighted by Gasteiger charge is -2.37. The normalized spacial score (nSPS) is 21.2. The van der Waals surface area contributed by atoms with Crippen molar-refractivity contribution in [3.8, 4) is 0 Å². The van der Waals surface area contributed by atoms with Gasteiger partial charge in [-0.15, -0.1) is 12.6 Å². The molecule has 0 amide bonds. The van der Waals surface area contributed by atoms with Crippen LogP contribution in [0, 0.1) is 10.8 Å². The zero-order valence-electron chi connectivity index (χ0n) is 59.4. The molecule has 0 saturated heterocycles. The summed E-state index contributed by atoms with van der Waals surface area (Å²) in [5, 5.41) is 10.1. The first kappa shape index (κ1) is 82.6. The third-order valence-electron chi connectivity index (χ3n) is 18.8. The van der Waals surface area contributed by atoms with E-state index in [1.54, 1.807) is 11.8 Å². The van der Waals surface area contributed by atoms with Crippen molar-refractivity contribution in [1.82, 2.24) is 9.80 Å². The number of rotatable bonds is 13. The molecule has 2 aromatic heterocycles. The Balaban J connectivity index is 0.000000265. The Labute approximate surface area is 669 Å². The van der Waals surface area contributed by atoms with Crippen LogP contribution in [0.4, 0.5) is 11.6 Å². The number of thioether (sulfide) groups is 1. The molecule has 12 rings (SSSR count). The number of aliphatic carboxylic acids is 1. The number of likely N-dealkylation sites (N-methyl/N-ethyl adjacent to an activating group) is 4. The first-order valence-electron chi connectivity index (χ1n) is 32.1. The van der Waals surface area contributed by atoms with Gasteiger partial charge in [0.15, 0.2) is 11.4 Å². The number of hydrogen-bond acceptors (Lipinski definition) is 11. The minimum atomic E-state index is -0.824. The van der Waals surface area contributed by atoms with Crippen molar-refractivity contribution < 1.29 is 133 Å². The Morgan fingerprint density at radius 1 is 0.616 bits per heavy atom. The molecule has 0 radical (unpaired) electrons. The zero-order chi connectivity index (χ0) is 68.6. The first-order chi connectivity index (χ1) is 44.8. The molecule has 0 atom stereocenters. The molecule has 0 spiro atoms. The summed E-state index contributed by atoms with van der Waals surface area (Å²) in [7, 11) is 17.3. The number of amidine groups is 2. The molecule has 0 fully saturated rings. The fourth-order valence-corrected chi connectivity index (χ4v) is 14.6. The van der Waals surface area contributed by atoms with Gasteiger partial charge in [0.05, 0.1) is 99.5 Å². The van der Waals surface area contributed by atoms with Gasteiger partial charge in [-0.2, -0.15) is 0 Å². The van der Waals surface area contributed by atoms with Gasteiger partial charge in [-0.1, -0.05) is 99.6 Å². The number of aryl methyl sites for hydroxylation is 2. The molecule has 2 aromatic carbocycles. The Bertz CT molecular complexity index is 4330. The van der Waals surface area contributed by atoms with E-state index in [2.05, 4.69) is 217 Å². The van der Waals surface area contributed by atoms with Gasteiger partial charge in [0.2, 0.25) is 0 Å². The molecule has 4 aromatic rings. The number of aromatic nitrogens is 2. The molecule has 0 saturated carbocycles. The summed E-state index contributed by atoms with van der Waals surface area (Å²) in [5.41, 5.74) is 15.0. The SMILES string of the molecule is CN1C=CC=C2C1=NC(=CC=C1C[N+](C)(C)CC(C=CC3=Nc4c(ccc[n+]4C)C3(C)C)=C1Cl)C2(C)C.CN1C=CC=C2C1=NC(=CC=C1C[N+](C)(C)CC(C=CC3=Nc4c(ccc[n+]4C)C3(C)C)=C1Sc1ccc(CC(=O)O)cc1)C2(C)C.O=COCc1ccc(S)cc1.[I-].[I-].[I-].[I-]. The van der Waals surface area contributed by atoms with E-state index in [1.165, 1.54) is 38.3 Å². The highest BCUT2D eigenvalue weighted by molar-refractivity contribution is 8.03. The van der Waals surface area contributed by atoms with E-state index in [1.807, 2.05) is 102 Å². The van der Waals surface area contributed by atoms with E-state index in [0.29, 0.717) is 13.1 Å². The number of ether oxygens (including phenoxy) is 1. The van der Waals surface area contributed by atoms with Gasteiger partial charge in [0, 0.05) is 85.5 Å². The molecule has 8 aliphatic rings. The van der Waals surface area contributed by atoms with Crippen LogP contribution in [0.5, 0.6) is 0 Å². The van der Waals surface area contributed by atoms with E-state index in [0.717, 1.165) is 118 Å². The maximum atomic E-state index is 11.3. The van der Waals surface area contributed by atoms with Gasteiger partial charge in [-0.05, 0) is 146 Å². The Morgan fingerprint density at radius 3 is 1.52 bits per heavy atom. The third-order valence-corrected chi connectivity index (χ3v) is 20.8. The van der Waals surface area contributed by atoms with Crippen molar-refractivity contribution in [2.75, 3.05) is 68.5 Å². The zero-order valence-corrected chi connectivity index (χ0v) is 70.5. The molecule has 1 N–H and O–H groups in total. The maximum absolute atomic E-state index is 11.3. The van der Waals surface area contributed by atoms with Gasteiger partial charge in [-0.3, -0.25) is 9.59 Å². The molecule has 8 aliphatic heterocycles. The number of halogens is 5. The van der Waals surface area contributed by atoms with Gasteiger partial charge in [0.1, 0.15) is 44.5 Å². The topological polar surface area (TPSA) is 127 Å². The van der Waals surface area contributed by atoms with E-state index >= 15 is 0 Å². The van der Waals surface area contributed by atoms with Crippen LogP contribution in [0.25, 0.3) is 0 Å². The van der Waals surface area contributed by atoms with Crippen LogP contribution in [-0.4, -0.2) is 128 Å². The first-order valence-corrected chi connectivity index (χ1v) is 33.8. The van der Waals surface area contributed by atoms with Crippen molar-refractivity contribution in [3.05, 3.63) is 248 Å². The lowest BCUT2D eigenvalue weighted by molar-refractivity contribution is -0.881. The van der Waals surface area contributed by atoms with Crippen molar-refractivity contribution >= 4 is 83.2 Å². The minimum Gasteiger partial charge on any atom is -1.00 e. The number of benzene rings is 2. The van der Waals surface area contributed by atoms with Gasteiger partial charge < -0.3 is 125 Å². The minimum absolute atomic E-state index is 0. The number of carboxylic acids is 1. The van der Waals surface area contributed by atoms with E-state index in [4.69, 9.17) is 31.6 Å². The van der Waals surface area contributed by atoms with Crippen molar-refractivity contribution in [1.29, 1.82) is 0 Å². The Kier molecular flexibility index (Phi) is 27.9. The number of carboxylic acid groups (broad SMARTS) is 1. The number of pyridine rings is 2. The summed E-state index contributed by atoms with van der Waals surface area (Å²) in [4.78, 5) is 48.6. The van der Waals surface area contributed by atoms with Crippen molar-refractivity contribution in [2.45, 2.75) is 89.0 Å². The smallest absolute Gasteiger partial charge is 0.327 e. The van der Waals surface area contributed by atoms with E-state index < -0.39 is 5.97 Å². The maximum Gasteiger partial charge on any atom is 0.327 e. The summed E-state index contributed by atoms with van der Waals surface area (Å²) in [5.74, 6) is 3.24. The summed E-state index contributed by atoms with van der Waals surface area (Å²) >= 11 is 12.9. The Morgan fingerprint density at radius 2 is 1.06 bits per heavy atom. The van der Waals surface area contributed by atoms with E-state index in [9.17, 15) is 14.7 Å². The lowest BCUT2D eigenvalue weighted by atomic mass is 9.81. The van der Waals surface area contributed by atoms with Crippen LogP contribution in [0.2, 0.25) is 0 Å². The summed E-state index contributed by atoms with van der Waals surface area (Å²) < 4.78 is 10.4. The van der Waals surface area contributed by atoms with Crippen LogP contribution in [-0.2, 0) is 52.3 Å². The summed E-state index contributed by atoms with van der Waals surface area (Å²) in [6, 6.07) is 23.9. The van der Waals surface area contributed by atoms with Crippen LogP contribution in [0.1, 0.15) is 77.6 Å². The van der Waals surface area contributed by atoms with Crippen molar-refractivity contribution in [3.63, 3.8) is 0 Å². The summed E-state index contributed by atoms with van der Waals surface area (Å²) in [6.45, 7) is 22.2. The number of allylic oxidation sites excluding steroid dienone is 12. The van der Waals surface area contributed by atoms with Crippen LogP contribution >= 0.6 is 36.0 Å². The molecule has 0 bridgehead atoms. The second kappa shape index (κ2) is 33.4. The van der Waals surface area contributed by atoms with Crippen LogP contribution in [0.15, 0.2) is 255 Å². The van der Waals surface area contributed by atoms with Gasteiger partial charge >= 0.3 is 17.6 Å². The molecule has 0 aliphatic carbocycles. The highest BCUT2D eigenvalue weighted by atomic mass is 127. The van der Waals surface area contributed by atoms with Gasteiger partial charge in [0.25, 0.3) is 6.47 Å². The average molecular weight is 1840 g/mol. The number of carbonyl (C=O) groups is 2. The second-order valence-corrected chi connectivity index (χ2v) is 30.9. The molecular formula is C78H91ClI4N10O4S2. The number of carbonyl (C=O) groups excluding carboxylic acids is 1. The largest absolute Gasteiger partial charge is 1.00 e. The predicted molar refractivity (Wildman–Crippen MR) is 390 cm³/mol. The monoisotopic (exact) mass is 1840 g/mol. The predicted octanol–water partition coefficient (Wildman–Crippen LogP) is 2.14. The molecule has 99 heavy (non-hydrogen) atoms. The number of thiol groups is 1. The standard InChI is InChI=1S/C39H44N5O2S.C31H38ClN5.C8H8O2S.4HI/c1-38(2)30-11-9-21-42(5)36(30)40-32(38)19-15-27-24-44(7,8)25-28(35(27)47-29-17-13-26(14-18-29)23-34(45)46)16-20-33-39(3,4)31-12-10-22-43(6)37(31)41-33;1-30(2)23-11-9-17-35(5)28(23)33-25(30)15-13-21-19-37(7,8)20-22(27(21)32)14-16-26-31(3,4)24-12-10-18-36(6)29(24)34-26;9-6-10-5-7-1-3-8(11)4-2-7;;;;/h9-22H,23-25H2,1-8H3;9-18H,19-20H2,1-8H3;1-4,6,11H,5H2;4*1H/q+1;+2;;;;;/p-3. The number of aliphatic imine (C=N–C) groups is 4.